The van der Waals surface area contributed by atoms with Crippen LogP contribution in [0, 0.1) is 18.3 Å². The van der Waals surface area contributed by atoms with Crippen molar-refractivity contribution in [3.63, 3.8) is 0 Å². The number of aryl methyl sites for hydroxylation is 1. The Labute approximate surface area is 89.6 Å². The molecule has 76 valence electrons. The largest absolute Gasteiger partial charge is 0.383 e. The highest BCUT2D eigenvalue weighted by Crippen LogP contribution is 2.10. The lowest BCUT2D eigenvalue weighted by atomic mass is 10.1. The van der Waals surface area contributed by atoms with E-state index in [1.54, 1.807) is 18.3 Å². The van der Waals surface area contributed by atoms with Crippen LogP contribution in [-0.4, -0.2) is 5.84 Å². The van der Waals surface area contributed by atoms with Gasteiger partial charge in [0.15, 0.2) is 0 Å². The fourth-order valence-electron chi connectivity index (χ4n) is 1.24. The van der Waals surface area contributed by atoms with Gasteiger partial charge >= 0.3 is 0 Å². The quantitative estimate of drug-likeness (QED) is 0.585. The number of rotatable bonds is 2. The summed E-state index contributed by atoms with van der Waals surface area (Å²) in [6.07, 6.45) is 3.46. The molecule has 0 aromatic heterocycles. The van der Waals surface area contributed by atoms with Crippen molar-refractivity contribution in [3.8, 4) is 6.07 Å². The number of hydrogen-bond acceptors (Lipinski definition) is 2. The summed E-state index contributed by atoms with van der Waals surface area (Å²) in [7, 11) is 0. The number of aliphatic imine (C=N–C) groups is 1. The number of nitrogens with two attached hydrogens (primary N) is 1. The fraction of sp³-hybridized carbons (Fsp3) is 0.167. The van der Waals surface area contributed by atoms with Gasteiger partial charge in [0.1, 0.15) is 5.84 Å². The van der Waals surface area contributed by atoms with Crippen molar-refractivity contribution in [2.75, 3.05) is 0 Å². The number of nitriles is 1. The minimum atomic E-state index is 0.468. The lowest BCUT2D eigenvalue weighted by Crippen LogP contribution is -2.14. The Morgan fingerprint density at radius 1 is 1.53 bits per heavy atom. The first-order valence-corrected chi connectivity index (χ1v) is 4.64. The summed E-state index contributed by atoms with van der Waals surface area (Å²) in [5.74, 6) is 0.468. The minimum absolute atomic E-state index is 0.468. The lowest BCUT2D eigenvalue weighted by Gasteiger charge is -2.04. The molecule has 3 nitrogen and oxygen atoms in total. The van der Waals surface area contributed by atoms with Crippen LogP contribution >= 0.6 is 0 Å². The van der Waals surface area contributed by atoms with Crippen molar-refractivity contribution in [2.24, 2.45) is 10.7 Å². The van der Waals surface area contributed by atoms with Crippen LogP contribution in [0.2, 0.25) is 0 Å². The predicted molar refractivity (Wildman–Crippen MR) is 61.4 cm³/mol. The number of allylic oxidation sites excluding steroid dienone is 1. The molecule has 0 aliphatic rings. The van der Waals surface area contributed by atoms with E-state index < -0.39 is 0 Å². The molecule has 0 fully saturated rings. The number of amidine groups is 1. The first kappa shape index (κ1) is 11.0. The van der Waals surface area contributed by atoms with Crippen LogP contribution in [0.4, 0.5) is 0 Å². The van der Waals surface area contributed by atoms with E-state index in [9.17, 15) is 0 Å². The van der Waals surface area contributed by atoms with Gasteiger partial charge in [0, 0.05) is 11.8 Å². The van der Waals surface area contributed by atoms with E-state index >= 15 is 0 Å². The Morgan fingerprint density at radius 2 is 2.27 bits per heavy atom. The zero-order valence-corrected chi connectivity index (χ0v) is 8.86. The monoisotopic (exact) mass is 199 g/mol. The van der Waals surface area contributed by atoms with Gasteiger partial charge in [0.2, 0.25) is 0 Å². The van der Waals surface area contributed by atoms with Crippen LogP contribution < -0.4 is 5.73 Å². The highest BCUT2D eigenvalue weighted by atomic mass is 14.8. The standard InChI is InChI=1S/C12H13N3/c1-3-6-15-12(14)11-5-4-10(8-13)7-9(11)2/h3-7H,1-2H3,(H2,14,15)/b6-3-. The van der Waals surface area contributed by atoms with E-state index in [4.69, 9.17) is 11.0 Å². The zero-order valence-electron chi connectivity index (χ0n) is 8.86. The van der Waals surface area contributed by atoms with Gasteiger partial charge in [-0.25, -0.2) is 4.99 Å². The summed E-state index contributed by atoms with van der Waals surface area (Å²) < 4.78 is 0. The first-order chi connectivity index (χ1) is 7.19. The Balaban J connectivity index is 3.12. The molecule has 0 saturated heterocycles. The fourth-order valence-corrected chi connectivity index (χ4v) is 1.24. The minimum Gasteiger partial charge on any atom is -0.383 e. The van der Waals surface area contributed by atoms with Crippen LogP contribution in [0.3, 0.4) is 0 Å². The van der Waals surface area contributed by atoms with Crippen molar-refractivity contribution in [2.45, 2.75) is 13.8 Å². The lowest BCUT2D eigenvalue weighted by molar-refractivity contribution is 1.37. The summed E-state index contributed by atoms with van der Waals surface area (Å²) >= 11 is 0. The van der Waals surface area contributed by atoms with Crippen LogP contribution in [0.15, 0.2) is 35.5 Å². The maximum Gasteiger partial charge on any atom is 0.130 e. The van der Waals surface area contributed by atoms with E-state index in [0.29, 0.717) is 11.4 Å². The summed E-state index contributed by atoms with van der Waals surface area (Å²) in [6.45, 7) is 3.79. The Hall–Kier alpha value is -2.08. The maximum atomic E-state index is 8.71. The Kier molecular flexibility index (Phi) is 3.64. The summed E-state index contributed by atoms with van der Waals surface area (Å²) in [5, 5.41) is 8.71. The molecule has 1 aromatic rings. The molecule has 0 unspecified atom stereocenters. The second-order valence-electron chi connectivity index (χ2n) is 3.14. The normalized spacial score (nSPS) is 11.7. The highest BCUT2D eigenvalue weighted by molar-refractivity contribution is 5.99. The van der Waals surface area contributed by atoms with Crippen LogP contribution in [-0.2, 0) is 0 Å². The molecule has 0 radical (unpaired) electrons. The highest BCUT2D eigenvalue weighted by Gasteiger charge is 2.02. The average molecular weight is 199 g/mol. The summed E-state index contributed by atoms with van der Waals surface area (Å²) in [4.78, 5) is 4.06. The molecule has 0 amide bonds. The summed E-state index contributed by atoms with van der Waals surface area (Å²) in [5.41, 5.74) is 8.25. The SMILES string of the molecule is C/C=C\N=C(N)c1ccc(C#N)cc1C. The van der Waals surface area contributed by atoms with E-state index in [1.165, 1.54) is 0 Å². The molecule has 0 saturated carbocycles. The van der Waals surface area contributed by atoms with Gasteiger partial charge in [-0.15, -0.1) is 0 Å². The zero-order chi connectivity index (χ0) is 11.3. The Morgan fingerprint density at radius 3 is 2.80 bits per heavy atom. The van der Waals surface area contributed by atoms with Crippen LogP contribution in [0.5, 0.6) is 0 Å². The van der Waals surface area contributed by atoms with Gasteiger partial charge < -0.3 is 5.73 Å². The van der Waals surface area contributed by atoms with Gasteiger partial charge in [-0.05, 0) is 37.6 Å². The summed E-state index contributed by atoms with van der Waals surface area (Å²) in [6, 6.07) is 7.43. The third-order valence-electron chi connectivity index (χ3n) is 1.99. The van der Waals surface area contributed by atoms with E-state index in [2.05, 4.69) is 11.1 Å². The maximum absolute atomic E-state index is 8.71. The molecule has 0 aliphatic heterocycles. The van der Waals surface area contributed by atoms with Crippen LogP contribution in [0.1, 0.15) is 23.6 Å². The van der Waals surface area contributed by atoms with Crippen molar-refractivity contribution >= 4 is 5.84 Å². The van der Waals surface area contributed by atoms with Gasteiger partial charge in [-0.1, -0.05) is 6.08 Å². The van der Waals surface area contributed by atoms with E-state index in [1.807, 2.05) is 26.0 Å². The first-order valence-electron chi connectivity index (χ1n) is 4.64. The van der Waals surface area contributed by atoms with Gasteiger partial charge in [-0.3, -0.25) is 0 Å². The van der Waals surface area contributed by atoms with E-state index in [0.717, 1.165) is 11.1 Å². The van der Waals surface area contributed by atoms with Gasteiger partial charge in [-0.2, -0.15) is 5.26 Å². The third kappa shape index (κ3) is 2.68. The number of nitrogens with zero attached hydrogens (tertiary/aromatic N) is 2. The molecular weight excluding hydrogens is 186 g/mol. The molecule has 15 heavy (non-hydrogen) atoms. The molecule has 0 atom stereocenters. The number of hydrogen-bond donors (Lipinski definition) is 1. The molecule has 1 rings (SSSR count). The molecular formula is C12H13N3. The molecule has 1 aromatic carbocycles. The van der Waals surface area contributed by atoms with Gasteiger partial charge in [0.25, 0.3) is 0 Å². The second kappa shape index (κ2) is 4.97. The molecule has 3 heteroatoms. The molecule has 0 spiro atoms. The van der Waals surface area contributed by atoms with Crippen molar-refractivity contribution < 1.29 is 0 Å². The molecule has 2 N–H and O–H groups in total. The predicted octanol–water partition coefficient (Wildman–Crippen LogP) is 2.11. The topological polar surface area (TPSA) is 62.2 Å². The number of benzene rings is 1. The molecule has 0 bridgehead atoms. The average Bonchev–Trinajstić information content (AvgIpc) is 2.25. The van der Waals surface area contributed by atoms with Crippen molar-refractivity contribution in [3.05, 3.63) is 47.2 Å². The van der Waals surface area contributed by atoms with Crippen LogP contribution in [0.25, 0.3) is 0 Å². The Bertz CT molecular complexity index is 450. The second-order valence-corrected chi connectivity index (χ2v) is 3.14. The van der Waals surface area contributed by atoms with E-state index in [-0.39, 0.29) is 0 Å². The smallest absolute Gasteiger partial charge is 0.130 e. The molecule has 0 aliphatic carbocycles. The van der Waals surface area contributed by atoms with Crippen molar-refractivity contribution in [1.82, 2.24) is 0 Å². The van der Waals surface area contributed by atoms with Crippen molar-refractivity contribution in [1.29, 1.82) is 5.26 Å². The van der Waals surface area contributed by atoms with Gasteiger partial charge in [0.05, 0.1) is 11.6 Å². The molecule has 0 heterocycles. The third-order valence-corrected chi connectivity index (χ3v) is 1.99.